The molecule has 0 atom stereocenters. The van der Waals surface area contributed by atoms with Gasteiger partial charge in [-0.2, -0.15) is 5.10 Å². The molecule has 2 rings (SSSR count). The first-order chi connectivity index (χ1) is 7.50. The number of nitrogens with zero attached hydrogens (tertiary/aromatic N) is 3. The molecule has 0 unspecified atom stereocenters. The second-order valence-electron chi connectivity index (χ2n) is 5.01. The third kappa shape index (κ3) is 1.85. The van der Waals surface area contributed by atoms with Crippen LogP contribution in [0, 0.1) is 6.92 Å². The van der Waals surface area contributed by atoms with Gasteiger partial charge in [-0.05, 0) is 30.0 Å². The van der Waals surface area contributed by atoms with E-state index < -0.39 is 0 Å². The van der Waals surface area contributed by atoms with Crippen LogP contribution in [0.2, 0.25) is 0 Å². The van der Waals surface area contributed by atoms with Gasteiger partial charge in [0.25, 0.3) is 0 Å². The summed E-state index contributed by atoms with van der Waals surface area (Å²) in [7, 11) is 0. The molecular formula is C13H17N3. The molecular weight excluding hydrogens is 198 g/mol. The largest absolute Gasteiger partial charge is 0.265 e. The smallest absolute Gasteiger partial charge is 0.0679 e. The summed E-state index contributed by atoms with van der Waals surface area (Å²) in [5, 5.41) is 4.44. The maximum Gasteiger partial charge on any atom is 0.0679 e. The average Bonchev–Trinajstić information content (AvgIpc) is 2.61. The van der Waals surface area contributed by atoms with Crippen molar-refractivity contribution < 1.29 is 0 Å². The summed E-state index contributed by atoms with van der Waals surface area (Å²) in [6.45, 7) is 8.71. The minimum atomic E-state index is 0.134. The second kappa shape index (κ2) is 3.74. The molecule has 0 saturated heterocycles. The van der Waals surface area contributed by atoms with E-state index in [1.807, 2.05) is 23.0 Å². The van der Waals surface area contributed by atoms with Crippen molar-refractivity contribution in [1.29, 1.82) is 0 Å². The van der Waals surface area contributed by atoms with E-state index in [1.54, 1.807) is 12.4 Å². The van der Waals surface area contributed by atoms with Crippen molar-refractivity contribution in [3.05, 3.63) is 42.0 Å². The van der Waals surface area contributed by atoms with Crippen molar-refractivity contribution in [2.75, 3.05) is 0 Å². The molecule has 2 heterocycles. The van der Waals surface area contributed by atoms with Crippen molar-refractivity contribution in [2.45, 2.75) is 33.1 Å². The summed E-state index contributed by atoms with van der Waals surface area (Å²) in [4.78, 5) is 4.02. The van der Waals surface area contributed by atoms with Crippen LogP contribution in [0.25, 0.3) is 5.69 Å². The van der Waals surface area contributed by atoms with E-state index in [0.29, 0.717) is 0 Å². The lowest BCUT2D eigenvalue weighted by atomic mass is 9.87. The predicted octanol–water partition coefficient (Wildman–Crippen LogP) is 2.87. The van der Waals surface area contributed by atoms with Crippen LogP contribution in [0.15, 0.2) is 30.7 Å². The summed E-state index contributed by atoms with van der Waals surface area (Å²) < 4.78 is 1.96. The lowest BCUT2D eigenvalue weighted by Gasteiger charge is -2.17. The number of hydrogen-bond acceptors (Lipinski definition) is 2. The molecule has 0 N–H and O–H groups in total. The van der Waals surface area contributed by atoms with Gasteiger partial charge >= 0.3 is 0 Å². The standard InChI is InChI=1S/C13H17N3/c1-10-12(13(2,3)4)9-15-16(10)11-5-7-14-8-6-11/h5-9H,1-4H3. The van der Waals surface area contributed by atoms with E-state index in [1.165, 1.54) is 11.3 Å². The third-order valence-electron chi connectivity index (χ3n) is 2.73. The zero-order chi connectivity index (χ0) is 11.8. The number of pyridine rings is 1. The van der Waals surface area contributed by atoms with Crippen LogP contribution >= 0.6 is 0 Å². The zero-order valence-electron chi connectivity index (χ0n) is 10.2. The highest BCUT2D eigenvalue weighted by atomic mass is 15.3. The van der Waals surface area contributed by atoms with Crippen molar-refractivity contribution in [3.8, 4) is 5.69 Å². The van der Waals surface area contributed by atoms with Crippen LogP contribution in [-0.2, 0) is 5.41 Å². The van der Waals surface area contributed by atoms with Crippen LogP contribution in [0.1, 0.15) is 32.0 Å². The van der Waals surface area contributed by atoms with Gasteiger partial charge in [-0.1, -0.05) is 20.8 Å². The van der Waals surface area contributed by atoms with Crippen molar-refractivity contribution in [2.24, 2.45) is 0 Å². The van der Waals surface area contributed by atoms with Gasteiger partial charge in [-0.3, -0.25) is 4.98 Å². The number of aromatic nitrogens is 3. The molecule has 0 radical (unpaired) electrons. The third-order valence-corrected chi connectivity index (χ3v) is 2.73. The SMILES string of the molecule is Cc1c(C(C)(C)C)cnn1-c1ccncc1. The lowest BCUT2D eigenvalue weighted by Crippen LogP contribution is -2.12. The summed E-state index contributed by atoms with van der Waals surface area (Å²) in [6.07, 6.45) is 5.52. The predicted molar refractivity (Wildman–Crippen MR) is 64.8 cm³/mol. The Morgan fingerprint density at radius 1 is 1.12 bits per heavy atom. The first kappa shape index (κ1) is 10.9. The first-order valence-corrected chi connectivity index (χ1v) is 5.45. The summed E-state index contributed by atoms with van der Waals surface area (Å²) >= 11 is 0. The Labute approximate surface area is 96.1 Å². The Kier molecular flexibility index (Phi) is 2.54. The quantitative estimate of drug-likeness (QED) is 0.732. The molecule has 0 aliphatic heterocycles. The van der Waals surface area contributed by atoms with Crippen LogP contribution in [0.5, 0.6) is 0 Å². The molecule has 16 heavy (non-hydrogen) atoms. The van der Waals surface area contributed by atoms with Crippen molar-refractivity contribution in [1.82, 2.24) is 14.8 Å². The molecule has 2 aromatic rings. The fourth-order valence-electron chi connectivity index (χ4n) is 1.89. The van der Waals surface area contributed by atoms with E-state index in [-0.39, 0.29) is 5.41 Å². The highest BCUT2D eigenvalue weighted by Crippen LogP contribution is 2.26. The molecule has 0 bridgehead atoms. The number of hydrogen-bond donors (Lipinski definition) is 0. The molecule has 2 aromatic heterocycles. The Morgan fingerprint density at radius 3 is 2.25 bits per heavy atom. The van der Waals surface area contributed by atoms with E-state index >= 15 is 0 Å². The molecule has 0 aromatic carbocycles. The Morgan fingerprint density at radius 2 is 1.75 bits per heavy atom. The Bertz CT molecular complexity index is 478. The molecule has 0 aliphatic carbocycles. The van der Waals surface area contributed by atoms with Crippen molar-refractivity contribution in [3.63, 3.8) is 0 Å². The highest BCUT2D eigenvalue weighted by molar-refractivity contribution is 5.35. The van der Waals surface area contributed by atoms with E-state index in [9.17, 15) is 0 Å². The maximum absolute atomic E-state index is 4.44. The van der Waals surface area contributed by atoms with Crippen molar-refractivity contribution >= 4 is 0 Å². The maximum atomic E-state index is 4.44. The van der Waals surface area contributed by atoms with Crippen LogP contribution < -0.4 is 0 Å². The van der Waals surface area contributed by atoms with Gasteiger partial charge in [0, 0.05) is 18.1 Å². The highest BCUT2D eigenvalue weighted by Gasteiger charge is 2.20. The molecule has 0 saturated carbocycles. The number of rotatable bonds is 1. The summed E-state index contributed by atoms with van der Waals surface area (Å²) in [5.74, 6) is 0. The molecule has 0 spiro atoms. The Balaban J connectivity index is 2.50. The van der Waals surface area contributed by atoms with Gasteiger partial charge < -0.3 is 0 Å². The van der Waals surface area contributed by atoms with Gasteiger partial charge in [0.1, 0.15) is 0 Å². The molecule has 0 amide bonds. The van der Waals surface area contributed by atoms with Gasteiger partial charge in [0.2, 0.25) is 0 Å². The normalized spacial score (nSPS) is 11.8. The molecule has 84 valence electrons. The second-order valence-corrected chi connectivity index (χ2v) is 5.01. The molecule has 0 fully saturated rings. The van der Waals surface area contributed by atoms with Crippen LogP contribution in [0.3, 0.4) is 0 Å². The lowest BCUT2D eigenvalue weighted by molar-refractivity contribution is 0.585. The van der Waals surface area contributed by atoms with E-state index in [0.717, 1.165) is 5.69 Å². The summed E-state index contributed by atoms with van der Waals surface area (Å²) in [6, 6.07) is 3.93. The molecule has 0 aliphatic rings. The van der Waals surface area contributed by atoms with Gasteiger partial charge in [0.05, 0.1) is 11.9 Å². The topological polar surface area (TPSA) is 30.7 Å². The molecule has 3 heteroatoms. The Hall–Kier alpha value is -1.64. The monoisotopic (exact) mass is 215 g/mol. The van der Waals surface area contributed by atoms with Gasteiger partial charge in [-0.25, -0.2) is 4.68 Å². The molecule has 3 nitrogen and oxygen atoms in total. The fraction of sp³-hybridized carbons (Fsp3) is 0.385. The zero-order valence-corrected chi connectivity index (χ0v) is 10.2. The van der Waals surface area contributed by atoms with Crippen LogP contribution in [-0.4, -0.2) is 14.8 Å². The minimum Gasteiger partial charge on any atom is -0.265 e. The van der Waals surface area contributed by atoms with E-state index in [2.05, 4.69) is 37.8 Å². The first-order valence-electron chi connectivity index (χ1n) is 5.45. The van der Waals surface area contributed by atoms with Gasteiger partial charge in [-0.15, -0.1) is 0 Å². The van der Waals surface area contributed by atoms with Crippen LogP contribution in [0.4, 0.5) is 0 Å². The summed E-state index contributed by atoms with van der Waals surface area (Å²) in [5.41, 5.74) is 3.67. The minimum absolute atomic E-state index is 0.134. The van der Waals surface area contributed by atoms with E-state index in [4.69, 9.17) is 0 Å². The fourth-order valence-corrected chi connectivity index (χ4v) is 1.89. The average molecular weight is 215 g/mol. The van der Waals surface area contributed by atoms with Gasteiger partial charge in [0.15, 0.2) is 0 Å².